The van der Waals surface area contributed by atoms with E-state index >= 15 is 0 Å². The van der Waals surface area contributed by atoms with Crippen molar-refractivity contribution in [3.8, 4) is 11.5 Å². The first-order valence-corrected chi connectivity index (χ1v) is 15.5. The number of hydrogen-bond acceptors (Lipinski definition) is 8. The van der Waals surface area contributed by atoms with E-state index in [4.69, 9.17) is 14.2 Å². The number of nitrogens with zero attached hydrogens (tertiary/aromatic N) is 1. The summed E-state index contributed by atoms with van der Waals surface area (Å²) < 4.78 is 15.8. The first-order valence-electron chi connectivity index (χ1n) is 15.5. The van der Waals surface area contributed by atoms with E-state index in [1.165, 1.54) is 54.0 Å². The van der Waals surface area contributed by atoms with Crippen molar-refractivity contribution in [2.45, 2.75) is 18.8 Å². The van der Waals surface area contributed by atoms with Crippen molar-refractivity contribution in [1.29, 1.82) is 0 Å². The molecule has 4 aromatic rings. The Morgan fingerprint density at radius 1 is 0.702 bits per heavy atom. The number of ketones is 1. The molecule has 3 fully saturated rings. The highest BCUT2D eigenvalue weighted by Crippen LogP contribution is 2.61. The van der Waals surface area contributed by atoms with Crippen LogP contribution >= 0.6 is 0 Å². The summed E-state index contributed by atoms with van der Waals surface area (Å²) in [6.07, 6.45) is 1.76. The second kappa shape index (κ2) is 12.3. The average Bonchev–Trinajstić information content (AvgIpc) is 3.78. The number of carbonyl (C=O) groups is 5. The largest absolute Gasteiger partial charge is 0.497 e. The molecule has 1 aliphatic heterocycles. The summed E-state index contributed by atoms with van der Waals surface area (Å²) in [5.41, 5.74) is 2.23. The van der Waals surface area contributed by atoms with Crippen molar-refractivity contribution in [2.24, 2.45) is 23.7 Å². The third kappa shape index (κ3) is 5.58. The molecule has 0 spiro atoms. The van der Waals surface area contributed by atoms with Gasteiger partial charge in [0.15, 0.2) is 12.4 Å². The van der Waals surface area contributed by atoms with E-state index in [0.29, 0.717) is 17.0 Å². The van der Waals surface area contributed by atoms with E-state index < -0.39 is 24.3 Å². The van der Waals surface area contributed by atoms with Gasteiger partial charge in [-0.05, 0) is 96.8 Å². The van der Waals surface area contributed by atoms with Gasteiger partial charge < -0.3 is 14.2 Å². The Kier molecular flexibility index (Phi) is 7.89. The van der Waals surface area contributed by atoms with Crippen molar-refractivity contribution >= 4 is 35.2 Å². The molecule has 0 aromatic heterocycles. The lowest BCUT2D eigenvalue weighted by molar-refractivity contribution is -0.123. The molecule has 0 radical (unpaired) electrons. The van der Waals surface area contributed by atoms with E-state index in [1.54, 1.807) is 36.4 Å². The molecule has 1 heterocycles. The molecule has 7 rings (SSSR count). The summed E-state index contributed by atoms with van der Waals surface area (Å²) in [5.74, 6) is -1.64. The maximum absolute atomic E-state index is 13.7. The van der Waals surface area contributed by atoms with Gasteiger partial charge in [-0.2, -0.15) is 0 Å². The number of benzene rings is 4. The van der Waals surface area contributed by atoms with E-state index in [2.05, 4.69) is 12.1 Å². The monoisotopic (exact) mass is 629 g/mol. The molecule has 47 heavy (non-hydrogen) atoms. The zero-order valence-corrected chi connectivity index (χ0v) is 25.5. The molecule has 236 valence electrons. The number of rotatable bonds is 9. The Balaban J connectivity index is 0.973. The highest BCUT2D eigenvalue weighted by Gasteiger charge is 2.64. The van der Waals surface area contributed by atoms with Gasteiger partial charge in [0.2, 0.25) is 11.8 Å². The quantitative estimate of drug-likeness (QED) is 0.0975. The molecule has 2 saturated carbocycles. The molecule has 1 saturated heterocycles. The lowest BCUT2D eigenvalue weighted by Crippen LogP contribution is -2.33. The summed E-state index contributed by atoms with van der Waals surface area (Å²) in [6, 6.07) is 28.8. The maximum Gasteiger partial charge on any atom is 0.343 e. The van der Waals surface area contributed by atoms with Crippen molar-refractivity contribution < 1.29 is 38.2 Å². The van der Waals surface area contributed by atoms with Gasteiger partial charge in [-0.3, -0.25) is 19.3 Å². The van der Waals surface area contributed by atoms with Crippen molar-refractivity contribution in [3.05, 3.63) is 125 Å². The van der Waals surface area contributed by atoms with E-state index in [9.17, 15) is 24.0 Å². The van der Waals surface area contributed by atoms with Crippen LogP contribution in [0.4, 0.5) is 5.69 Å². The molecule has 5 atom stereocenters. The lowest BCUT2D eigenvalue weighted by atomic mass is 9.73. The average molecular weight is 630 g/mol. The standard InChI is InChI=1S/C38H31NO8/c1-45-29-12-6-10-25(18-29)38(44)47-28-15-13-23(14-16-28)32(40)21-46-37(43)24-9-5-11-27(17-24)39-35(41)33-26-19-30(22-7-3-2-4-8-22)31(20-26)34(33)36(39)42/h2-18,26,30-31,33-34H,19-21H2,1H3/t26-,30-,31+,33+,34+/m0/s1. The molecular weight excluding hydrogens is 598 g/mol. The molecule has 3 aliphatic rings. The first kappa shape index (κ1) is 30.1. The highest BCUT2D eigenvalue weighted by atomic mass is 16.5. The van der Waals surface area contributed by atoms with Crippen LogP contribution in [0.2, 0.25) is 0 Å². The second-order valence-corrected chi connectivity index (χ2v) is 12.2. The predicted octanol–water partition coefficient (Wildman–Crippen LogP) is 5.88. The van der Waals surface area contributed by atoms with Crippen LogP contribution in [0, 0.1) is 23.7 Å². The zero-order valence-electron chi connectivity index (χ0n) is 25.5. The minimum Gasteiger partial charge on any atom is -0.497 e. The number of esters is 2. The summed E-state index contributed by atoms with van der Waals surface area (Å²) in [4.78, 5) is 66.7. The molecule has 2 amide bonds. The molecule has 2 aliphatic carbocycles. The Bertz CT molecular complexity index is 1890. The highest BCUT2D eigenvalue weighted by molar-refractivity contribution is 6.23. The summed E-state index contributed by atoms with van der Waals surface area (Å²) in [6.45, 7) is -0.526. The third-order valence-corrected chi connectivity index (χ3v) is 9.61. The third-order valence-electron chi connectivity index (χ3n) is 9.61. The van der Waals surface area contributed by atoms with Gasteiger partial charge in [-0.25, -0.2) is 9.59 Å². The Labute approximate surface area is 271 Å². The van der Waals surface area contributed by atoms with Gasteiger partial charge >= 0.3 is 11.9 Å². The maximum atomic E-state index is 13.7. The number of ether oxygens (including phenoxy) is 3. The fourth-order valence-electron chi connectivity index (χ4n) is 7.49. The fourth-order valence-corrected chi connectivity index (χ4v) is 7.49. The van der Waals surface area contributed by atoms with E-state index in [0.717, 1.165) is 12.8 Å². The SMILES string of the molecule is COc1cccc(C(=O)Oc2ccc(C(=O)COC(=O)c3cccc(N4C(=O)[C@@H]5[C@@H]6C[C@@H]([C@H]5C4=O)[C@H](c4ccccc4)C6)c3)cc2)c1. The Hall–Kier alpha value is -5.57. The van der Waals surface area contributed by atoms with Gasteiger partial charge in [-0.15, -0.1) is 0 Å². The van der Waals surface area contributed by atoms with Crippen LogP contribution < -0.4 is 14.4 Å². The molecule has 2 bridgehead atoms. The number of hydrogen-bond donors (Lipinski definition) is 0. The normalized spacial score (nSPS) is 22.6. The molecular formula is C38H31NO8. The van der Waals surface area contributed by atoms with Crippen molar-refractivity contribution in [1.82, 2.24) is 0 Å². The zero-order chi connectivity index (χ0) is 32.7. The minimum atomic E-state index is -0.757. The first-order chi connectivity index (χ1) is 22.8. The van der Waals surface area contributed by atoms with Crippen LogP contribution in [-0.4, -0.2) is 43.3 Å². The topological polar surface area (TPSA) is 116 Å². The van der Waals surface area contributed by atoms with Gasteiger partial charge in [-0.1, -0.05) is 42.5 Å². The molecule has 0 N–H and O–H groups in total. The van der Waals surface area contributed by atoms with E-state index in [1.807, 2.05) is 18.2 Å². The predicted molar refractivity (Wildman–Crippen MR) is 170 cm³/mol. The van der Waals surface area contributed by atoms with Crippen molar-refractivity contribution in [3.63, 3.8) is 0 Å². The molecule has 0 unspecified atom stereocenters. The number of carbonyl (C=O) groups excluding carboxylic acids is 5. The number of anilines is 1. The summed E-state index contributed by atoms with van der Waals surface area (Å²) >= 11 is 0. The van der Waals surface area contributed by atoms with Gasteiger partial charge in [0, 0.05) is 5.56 Å². The van der Waals surface area contributed by atoms with Gasteiger partial charge in [0.25, 0.3) is 0 Å². The minimum absolute atomic E-state index is 0.113. The van der Waals surface area contributed by atoms with Gasteiger partial charge in [0.05, 0.1) is 35.8 Å². The van der Waals surface area contributed by atoms with Crippen LogP contribution in [0.5, 0.6) is 11.5 Å². The number of imide groups is 1. The molecule has 4 aromatic carbocycles. The summed E-state index contributed by atoms with van der Waals surface area (Å²) in [7, 11) is 1.50. The van der Waals surface area contributed by atoms with Crippen LogP contribution in [0.25, 0.3) is 0 Å². The molecule has 9 heteroatoms. The summed E-state index contributed by atoms with van der Waals surface area (Å²) in [5, 5.41) is 0. The Morgan fingerprint density at radius 3 is 2.15 bits per heavy atom. The number of Topliss-reactive ketones (excluding diaryl/α,β-unsaturated/α-hetero) is 1. The lowest BCUT2D eigenvalue weighted by Gasteiger charge is -2.28. The number of methoxy groups -OCH3 is 1. The van der Waals surface area contributed by atoms with Crippen LogP contribution in [-0.2, 0) is 14.3 Å². The molecule has 9 nitrogen and oxygen atoms in total. The smallest absolute Gasteiger partial charge is 0.343 e. The van der Waals surface area contributed by atoms with Crippen LogP contribution in [0.15, 0.2) is 103 Å². The van der Waals surface area contributed by atoms with Crippen molar-refractivity contribution in [2.75, 3.05) is 18.6 Å². The fraction of sp³-hybridized carbons (Fsp3) is 0.237. The van der Waals surface area contributed by atoms with E-state index in [-0.39, 0.29) is 58.3 Å². The Morgan fingerprint density at radius 2 is 1.40 bits per heavy atom. The van der Waals surface area contributed by atoms with Crippen LogP contribution in [0.3, 0.4) is 0 Å². The second-order valence-electron chi connectivity index (χ2n) is 12.2. The number of fused-ring (bicyclic) bond motifs is 5. The van der Waals surface area contributed by atoms with Gasteiger partial charge in [0.1, 0.15) is 11.5 Å². The number of amides is 2. The van der Waals surface area contributed by atoms with Crippen LogP contribution in [0.1, 0.15) is 55.4 Å².